The Kier molecular flexibility index (Phi) is 5.10. The first-order valence-corrected chi connectivity index (χ1v) is 9.21. The molecule has 4 heteroatoms. The van der Waals surface area contributed by atoms with E-state index in [1.165, 1.54) is 19.3 Å². The highest BCUT2D eigenvalue weighted by Crippen LogP contribution is 2.36. The van der Waals surface area contributed by atoms with Crippen molar-refractivity contribution in [2.75, 3.05) is 13.1 Å². The summed E-state index contributed by atoms with van der Waals surface area (Å²) in [5, 5.41) is 0. The van der Waals surface area contributed by atoms with E-state index in [1.54, 1.807) is 0 Å². The predicted octanol–water partition coefficient (Wildman–Crippen LogP) is 3.88. The standard InChI is InChI=1S/C19H30N2O2/c1-4-5-7-16-12-20(13-18(23-16)14(2)3)19(22)17-8-6-11-21(17)15-9-10-15/h6,8,11,14-16,18H,4-5,7,9-10,12-13H2,1-3H3/t16-,18-/m1/s1. The molecule has 2 atom stereocenters. The van der Waals surface area contributed by atoms with E-state index in [0.29, 0.717) is 12.0 Å². The molecule has 4 nitrogen and oxygen atoms in total. The molecular formula is C19H30N2O2. The van der Waals surface area contributed by atoms with Crippen molar-refractivity contribution in [2.45, 2.75) is 71.1 Å². The fourth-order valence-corrected chi connectivity index (χ4v) is 3.40. The summed E-state index contributed by atoms with van der Waals surface area (Å²) in [6.45, 7) is 8.02. The molecule has 2 fully saturated rings. The van der Waals surface area contributed by atoms with E-state index in [1.807, 2.05) is 17.0 Å². The summed E-state index contributed by atoms with van der Waals surface area (Å²) in [4.78, 5) is 15.1. The number of carbonyl (C=O) groups is 1. The van der Waals surface area contributed by atoms with E-state index in [-0.39, 0.29) is 18.1 Å². The van der Waals surface area contributed by atoms with Gasteiger partial charge in [0.1, 0.15) is 5.69 Å². The van der Waals surface area contributed by atoms with E-state index < -0.39 is 0 Å². The number of carbonyl (C=O) groups excluding carboxylic acids is 1. The smallest absolute Gasteiger partial charge is 0.270 e. The van der Waals surface area contributed by atoms with Gasteiger partial charge in [0, 0.05) is 25.3 Å². The van der Waals surface area contributed by atoms with Crippen LogP contribution in [0.1, 0.15) is 69.4 Å². The van der Waals surface area contributed by atoms with Crippen LogP contribution >= 0.6 is 0 Å². The summed E-state index contributed by atoms with van der Waals surface area (Å²) < 4.78 is 8.41. The number of rotatable bonds is 6. The molecule has 1 aliphatic heterocycles. The Hall–Kier alpha value is -1.29. The maximum Gasteiger partial charge on any atom is 0.270 e. The number of hydrogen-bond acceptors (Lipinski definition) is 2. The Morgan fingerprint density at radius 1 is 1.35 bits per heavy atom. The van der Waals surface area contributed by atoms with Crippen LogP contribution in [-0.2, 0) is 4.74 Å². The molecule has 2 heterocycles. The summed E-state index contributed by atoms with van der Waals surface area (Å²) >= 11 is 0. The highest BCUT2D eigenvalue weighted by molar-refractivity contribution is 5.93. The Balaban J connectivity index is 1.73. The average molecular weight is 318 g/mol. The molecule has 0 bridgehead atoms. The van der Waals surface area contributed by atoms with Crippen LogP contribution in [0, 0.1) is 5.92 Å². The summed E-state index contributed by atoms with van der Waals surface area (Å²) in [5.74, 6) is 0.613. The van der Waals surface area contributed by atoms with Gasteiger partial charge < -0.3 is 14.2 Å². The minimum Gasteiger partial charge on any atom is -0.371 e. The fourth-order valence-electron chi connectivity index (χ4n) is 3.40. The first kappa shape index (κ1) is 16.6. The zero-order valence-corrected chi connectivity index (χ0v) is 14.7. The Labute approximate surface area is 139 Å². The lowest BCUT2D eigenvalue weighted by Crippen LogP contribution is -2.51. The number of amides is 1. The van der Waals surface area contributed by atoms with Gasteiger partial charge in [-0.1, -0.05) is 33.6 Å². The average Bonchev–Trinajstić information content (AvgIpc) is 3.28. The molecule has 1 saturated heterocycles. The van der Waals surface area contributed by atoms with Crippen LogP contribution in [0.4, 0.5) is 0 Å². The van der Waals surface area contributed by atoms with Crippen molar-refractivity contribution in [3.05, 3.63) is 24.0 Å². The number of hydrogen-bond donors (Lipinski definition) is 0. The minimum atomic E-state index is 0.152. The molecule has 0 spiro atoms. The summed E-state index contributed by atoms with van der Waals surface area (Å²) in [5.41, 5.74) is 0.853. The van der Waals surface area contributed by atoms with Gasteiger partial charge >= 0.3 is 0 Å². The number of unbranched alkanes of at least 4 members (excludes halogenated alkanes) is 1. The molecule has 23 heavy (non-hydrogen) atoms. The van der Waals surface area contributed by atoms with Crippen LogP contribution in [0.25, 0.3) is 0 Å². The lowest BCUT2D eigenvalue weighted by Gasteiger charge is -2.40. The van der Waals surface area contributed by atoms with Crippen molar-refractivity contribution in [1.82, 2.24) is 9.47 Å². The molecule has 128 valence electrons. The van der Waals surface area contributed by atoms with Crippen molar-refractivity contribution >= 4 is 5.91 Å². The maximum absolute atomic E-state index is 13.1. The van der Waals surface area contributed by atoms with E-state index >= 15 is 0 Å². The molecule has 0 unspecified atom stereocenters. The highest BCUT2D eigenvalue weighted by atomic mass is 16.5. The minimum absolute atomic E-state index is 0.152. The van der Waals surface area contributed by atoms with Crippen LogP contribution in [0.5, 0.6) is 0 Å². The lowest BCUT2D eigenvalue weighted by atomic mass is 10.0. The first-order chi connectivity index (χ1) is 11.1. The van der Waals surface area contributed by atoms with Crippen LogP contribution in [0.15, 0.2) is 18.3 Å². The molecule has 0 N–H and O–H groups in total. The van der Waals surface area contributed by atoms with Crippen molar-refractivity contribution < 1.29 is 9.53 Å². The third-order valence-corrected chi connectivity index (χ3v) is 5.04. The second kappa shape index (κ2) is 7.08. The number of morpholine rings is 1. The second-order valence-corrected chi connectivity index (χ2v) is 7.42. The first-order valence-electron chi connectivity index (χ1n) is 9.21. The molecule has 1 aliphatic carbocycles. The zero-order chi connectivity index (χ0) is 16.4. The summed E-state index contributed by atoms with van der Waals surface area (Å²) in [6, 6.07) is 4.52. The van der Waals surface area contributed by atoms with Gasteiger partial charge in [-0.2, -0.15) is 0 Å². The molecule has 2 aliphatic rings. The van der Waals surface area contributed by atoms with Crippen LogP contribution < -0.4 is 0 Å². The monoisotopic (exact) mass is 318 g/mol. The number of nitrogens with zero attached hydrogens (tertiary/aromatic N) is 2. The topological polar surface area (TPSA) is 34.5 Å². The molecule has 0 radical (unpaired) electrons. The van der Waals surface area contributed by atoms with Gasteiger partial charge in [-0.05, 0) is 37.3 Å². The lowest BCUT2D eigenvalue weighted by molar-refractivity contribution is -0.0964. The third-order valence-electron chi connectivity index (χ3n) is 5.04. The number of ether oxygens (including phenoxy) is 1. The van der Waals surface area contributed by atoms with Crippen molar-refractivity contribution in [2.24, 2.45) is 5.92 Å². The van der Waals surface area contributed by atoms with Gasteiger partial charge in [-0.3, -0.25) is 4.79 Å². The van der Waals surface area contributed by atoms with Crippen LogP contribution in [0.2, 0.25) is 0 Å². The van der Waals surface area contributed by atoms with Crippen molar-refractivity contribution in [3.63, 3.8) is 0 Å². The third kappa shape index (κ3) is 3.79. The zero-order valence-electron chi connectivity index (χ0n) is 14.7. The maximum atomic E-state index is 13.1. The Morgan fingerprint density at radius 3 is 2.78 bits per heavy atom. The molecule has 1 aromatic rings. The van der Waals surface area contributed by atoms with Gasteiger partial charge in [-0.25, -0.2) is 0 Å². The van der Waals surface area contributed by atoms with E-state index in [4.69, 9.17) is 4.74 Å². The van der Waals surface area contributed by atoms with Gasteiger partial charge in [0.25, 0.3) is 5.91 Å². The highest BCUT2D eigenvalue weighted by Gasteiger charge is 2.34. The summed E-state index contributed by atoms with van der Waals surface area (Å²) in [6.07, 6.45) is 8.17. The van der Waals surface area contributed by atoms with Gasteiger partial charge in [-0.15, -0.1) is 0 Å². The van der Waals surface area contributed by atoms with Crippen molar-refractivity contribution in [1.29, 1.82) is 0 Å². The molecule has 0 aromatic carbocycles. The molecule has 1 amide bonds. The Bertz CT molecular complexity index is 533. The van der Waals surface area contributed by atoms with Crippen molar-refractivity contribution in [3.8, 4) is 0 Å². The summed E-state index contributed by atoms with van der Waals surface area (Å²) in [7, 11) is 0. The molecule has 3 rings (SSSR count). The Morgan fingerprint density at radius 2 is 2.13 bits per heavy atom. The van der Waals surface area contributed by atoms with Crippen LogP contribution in [0.3, 0.4) is 0 Å². The quantitative estimate of drug-likeness (QED) is 0.798. The van der Waals surface area contributed by atoms with E-state index in [2.05, 4.69) is 31.5 Å². The second-order valence-electron chi connectivity index (χ2n) is 7.42. The van der Waals surface area contributed by atoms with Crippen LogP contribution in [-0.4, -0.2) is 40.7 Å². The van der Waals surface area contributed by atoms with E-state index in [0.717, 1.165) is 31.6 Å². The van der Waals surface area contributed by atoms with Gasteiger partial charge in [0.15, 0.2) is 0 Å². The van der Waals surface area contributed by atoms with E-state index in [9.17, 15) is 4.79 Å². The van der Waals surface area contributed by atoms with Gasteiger partial charge in [0.05, 0.1) is 12.2 Å². The number of aromatic nitrogens is 1. The SMILES string of the molecule is CCCC[C@@H]1CN(C(=O)c2cccn2C2CC2)C[C@H](C(C)C)O1. The molecular weight excluding hydrogens is 288 g/mol. The van der Waals surface area contributed by atoms with Gasteiger partial charge in [0.2, 0.25) is 0 Å². The largest absolute Gasteiger partial charge is 0.371 e. The predicted molar refractivity (Wildman–Crippen MR) is 91.6 cm³/mol. The fraction of sp³-hybridized carbons (Fsp3) is 0.737. The molecule has 1 saturated carbocycles. The normalized spacial score (nSPS) is 25.1. The molecule has 1 aromatic heterocycles.